The van der Waals surface area contributed by atoms with Gasteiger partial charge in [0.2, 0.25) is 11.8 Å². The van der Waals surface area contributed by atoms with Gasteiger partial charge in [0.25, 0.3) is 0 Å². The van der Waals surface area contributed by atoms with Gasteiger partial charge in [0.05, 0.1) is 12.0 Å². The fraction of sp³-hybridized carbons (Fsp3) is 0.368. The quantitative estimate of drug-likeness (QED) is 0.900. The largest absolute Gasteiger partial charge is 0.348 e. The summed E-state index contributed by atoms with van der Waals surface area (Å²) >= 11 is 0. The number of likely N-dealkylation sites (tertiary alicyclic amines) is 1. The van der Waals surface area contributed by atoms with Gasteiger partial charge in [-0.3, -0.25) is 9.59 Å². The van der Waals surface area contributed by atoms with Crippen LogP contribution < -0.4 is 11.1 Å². The molecular weight excluding hydrogens is 302 g/mol. The van der Waals surface area contributed by atoms with Gasteiger partial charge >= 0.3 is 0 Å². The van der Waals surface area contributed by atoms with Crippen LogP contribution in [0.15, 0.2) is 42.5 Å². The zero-order valence-corrected chi connectivity index (χ0v) is 13.9. The fourth-order valence-corrected chi connectivity index (χ4v) is 3.22. The third-order valence-electron chi connectivity index (χ3n) is 4.73. The zero-order valence-electron chi connectivity index (χ0n) is 13.9. The van der Waals surface area contributed by atoms with E-state index in [2.05, 4.69) is 23.5 Å². The topological polar surface area (TPSA) is 75.4 Å². The van der Waals surface area contributed by atoms with E-state index in [-0.39, 0.29) is 23.8 Å². The summed E-state index contributed by atoms with van der Waals surface area (Å²) in [5.74, 6) is -0.0934. The maximum absolute atomic E-state index is 12.6. The Morgan fingerprint density at radius 2 is 2.04 bits per heavy atom. The second-order valence-electron chi connectivity index (χ2n) is 6.41. The Morgan fingerprint density at radius 3 is 2.75 bits per heavy atom. The number of nitrogens with zero attached hydrogens (tertiary/aromatic N) is 1. The molecule has 0 spiro atoms. The molecule has 3 rings (SSSR count). The molecule has 0 bridgehead atoms. The Morgan fingerprint density at radius 1 is 1.29 bits per heavy atom. The van der Waals surface area contributed by atoms with Crippen molar-refractivity contribution in [3.63, 3.8) is 0 Å². The minimum atomic E-state index is -0.218. The highest BCUT2D eigenvalue weighted by Gasteiger charge is 2.29. The first-order chi connectivity index (χ1) is 11.6. The fourth-order valence-electron chi connectivity index (χ4n) is 3.22. The summed E-state index contributed by atoms with van der Waals surface area (Å²) in [6, 6.07) is 14.0. The van der Waals surface area contributed by atoms with Gasteiger partial charge in [-0.15, -0.1) is 0 Å². The highest BCUT2D eigenvalue weighted by Crippen LogP contribution is 2.22. The minimum absolute atomic E-state index is 0.0297. The molecular formula is C19H23N3O2. The van der Waals surface area contributed by atoms with E-state index in [1.807, 2.05) is 24.3 Å². The van der Waals surface area contributed by atoms with E-state index in [0.29, 0.717) is 25.9 Å². The maximum atomic E-state index is 12.6. The molecule has 2 aromatic rings. The van der Waals surface area contributed by atoms with E-state index >= 15 is 0 Å². The molecule has 2 aromatic carbocycles. The molecule has 2 amide bonds. The van der Waals surface area contributed by atoms with Crippen molar-refractivity contribution in [1.29, 1.82) is 0 Å². The second-order valence-corrected chi connectivity index (χ2v) is 6.41. The Balaban J connectivity index is 1.73. The summed E-state index contributed by atoms with van der Waals surface area (Å²) < 4.78 is 0. The van der Waals surface area contributed by atoms with Gasteiger partial charge in [0.15, 0.2) is 0 Å². The lowest BCUT2D eigenvalue weighted by Crippen LogP contribution is -2.45. The smallest absolute Gasteiger partial charge is 0.225 e. The number of rotatable bonds is 4. The van der Waals surface area contributed by atoms with Crippen molar-refractivity contribution >= 4 is 22.6 Å². The van der Waals surface area contributed by atoms with Gasteiger partial charge < -0.3 is 16.0 Å². The first-order valence-electron chi connectivity index (χ1n) is 8.31. The van der Waals surface area contributed by atoms with Crippen molar-refractivity contribution in [2.24, 2.45) is 11.7 Å². The van der Waals surface area contributed by atoms with Crippen molar-refractivity contribution in [3.05, 3.63) is 48.0 Å². The third-order valence-corrected chi connectivity index (χ3v) is 4.73. The van der Waals surface area contributed by atoms with E-state index in [1.165, 1.54) is 0 Å². The highest BCUT2D eigenvalue weighted by molar-refractivity contribution is 5.85. The molecule has 0 saturated carbocycles. The van der Waals surface area contributed by atoms with Crippen molar-refractivity contribution in [2.45, 2.75) is 18.9 Å². The van der Waals surface area contributed by atoms with Crippen LogP contribution in [0, 0.1) is 5.92 Å². The molecule has 5 heteroatoms. The highest BCUT2D eigenvalue weighted by atomic mass is 16.2. The van der Waals surface area contributed by atoms with Crippen LogP contribution >= 0.6 is 0 Å². The lowest BCUT2D eigenvalue weighted by atomic mass is 9.95. The first-order valence-corrected chi connectivity index (χ1v) is 8.31. The van der Waals surface area contributed by atoms with Gasteiger partial charge in [-0.25, -0.2) is 0 Å². The molecule has 0 aromatic heterocycles. The van der Waals surface area contributed by atoms with E-state index in [4.69, 9.17) is 5.73 Å². The molecule has 1 heterocycles. The predicted octanol–water partition coefficient (Wildman–Crippen LogP) is 1.82. The van der Waals surface area contributed by atoms with Crippen LogP contribution in [0.25, 0.3) is 10.8 Å². The molecule has 1 saturated heterocycles. The van der Waals surface area contributed by atoms with Crippen molar-refractivity contribution in [3.8, 4) is 0 Å². The molecule has 1 aliphatic rings. The number of benzene rings is 2. The normalized spacial score (nSPS) is 19.3. The summed E-state index contributed by atoms with van der Waals surface area (Å²) in [5.41, 5.74) is 6.90. The van der Waals surface area contributed by atoms with Gasteiger partial charge in [0, 0.05) is 26.6 Å². The molecule has 24 heavy (non-hydrogen) atoms. The molecule has 2 atom stereocenters. The van der Waals surface area contributed by atoms with Gasteiger partial charge in [-0.2, -0.15) is 0 Å². The van der Waals surface area contributed by atoms with Crippen LogP contribution in [0.2, 0.25) is 0 Å². The average Bonchev–Trinajstić information content (AvgIpc) is 2.61. The molecule has 2 unspecified atom stereocenters. The number of carbonyl (C=O) groups is 2. The van der Waals surface area contributed by atoms with Gasteiger partial charge in [-0.05, 0) is 28.8 Å². The van der Waals surface area contributed by atoms with E-state index in [1.54, 1.807) is 11.9 Å². The number of piperidine rings is 1. The van der Waals surface area contributed by atoms with E-state index < -0.39 is 0 Å². The summed E-state index contributed by atoms with van der Waals surface area (Å²) in [7, 11) is 1.74. The van der Waals surface area contributed by atoms with Gasteiger partial charge in [-0.1, -0.05) is 36.4 Å². The summed E-state index contributed by atoms with van der Waals surface area (Å²) in [4.78, 5) is 25.7. The van der Waals surface area contributed by atoms with E-state index in [9.17, 15) is 9.59 Å². The van der Waals surface area contributed by atoms with Crippen LogP contribution in [0.1, 0.15) is 24.4 Å². The minimum Gasteiger partial charge on any atom is -0.348 e. The van der Waals surface area contributed by atoms with E-state index in [0.717, 1.165) is 16.3 Å². The van der Waals surface area contributed by atoms with Crippen molar-refractivity contribution in [1.82, 2.24) is 10.2 Å². The number of amides is 2. The third kappa shape index (κ3) is 3.41. The lowest BCUT2D eigenvalue weighted by Gasteiger charge is -2.30. The van der Waals surface area contributed by atoms with Crippen molar-refractivity contribution in [2.75, 3.05) is 20.1 Å². The van der Waals surface area contributed by atoms with Crippen LogP contribution in [0.5, 0.6) is 0 Å². The monoisotopic (exact) mass is 325 g/mol. The number of fused-ring (bicyclic) bond motifs is 1. The summed E-state index contributed by atoms with van der Waals surface area (Å²) in [6.45, 7) is 0.811. The Bertz CT molecular complexity index is 759. The van der Waals surface area contributed by atoms with Crippen molar-refractivity contribution < 1.29 is 9.59 Å². The average molecular weight is 325 g/mol. The zero-order chi connectivity index (χ0) is 17.1. The second kappa shape index (κ2) is 7.01. The van der Waals surface area contributed by atoms with Gasteiger partial charge in [0.1, 0.15) is 0 Å². The standard InChI is InChI=1S/C19H23N3O2/c1-22-12-16(8-9-18(22)23)19(24)21-17(11-20)15-7-6-13-4-2-3-5-14(13)10-15/h2-7,10,16-17H,8-9,11-12,20H2,1H3,(H,21,24). The number of carbonyl (C=O) groups excluding carboxylic acids is 2. The molecule has 126 valence electrons. The van der Waals surface area contributed by atoms with Crippen LogP contribution in [-0.2, 0) is 9.59 Å². The lowest BCUT2D eigenvalue weighted by molar-refractivity contribution is -0.137. The Hall–Kier alpha value is -2.40. The predicted molar refractivity (Wildman–Crippen MR) is 94.2 cm³/mol. The summed E-state index contributed by atoms with van der Waals surface area (Å²) in [6.07, 6.45) is 1.03. The molecule has 0 radical (unpaired) electrons. The van der Waals surface area contributed by atoms with Crippen LogP contribution in [0.3, 0.4) is 0 Å². The number of hydrogen-bond donors (Lipinski definition) is 2. The molecule has 3 N–H and O–H groups in total. The summed E-state index contributed by atoms with van der Waals surface area (Å²) in [5, 5.41) is 5.34. The molecule has 0 aliphatic carbocycles. The first kappa shape index (κ1) is 16.5. The maximum Gasteiger partial charge on any atom is 0.225 e. The molecule has 5 nitrogen and oxygen atoms in total. The van der Waals surface area contributed by atoms with Crippen LogP contribution in [-0.4, -0.2) is 36.9 Å². The number of hydrogen-bond acceptors (Lipinski definition) is 3. The SMILES string of the molecule is CN1CC(C(=O)NC(CN)c2ccc3ccccc3c2)CCC1=O. The number of nitrogens with two attached hydrogens (primary N) is 1. The molecule has 1 aliphatic heterocycles. The Labute approximate surface area is 141 Å². The number of nitrogens with one attached hydrogen (secondary N) is 1. The molecule has 1 fully saturated rings. The Kier molecular flexibility index (Phi) is 4.81. The van der Waals surface area contributed by atoms with Crippen LogP contribution in [0.4, 0.5) is 0 Å².